The number of anilines is 1. The molecule has 0 saturated heterocycles. The van der Waals surface area contributed by atoms with E-state index >= 15 is 0 Å². The van der Waals surface area contributed by atoms with Gasteiger partial charge in [-0.1, -0.05) is 10.3 Å². The number of carbonyl (C=O) groups excluding carboxylic acids is 1. The van der Waals surface area contributed by atoms with Crippen molar-refractivity contribution in [3.05, 3.63) is 0 Å². The highest BCUT2D eigenvalue weighted by Crippen LogP contribution is 2.15. The van der Waals surface area contributed by atoms with Crippen molar-refractivity contribution in [2.45, 2.75) is 31.7 Å². The van der Waals surface area contributed by atoms with Crippen LogP contribution in [0.5, 0.6) is 0 Å². The lowest BCUT2D eigenvalue weighted by Gasteiger charge is -2.27. The topological polar surface area (TPSA) is 158 Å². The van der Waals surface area contributed by atoms with E-state index in [-0.39, 0.29) is 5.95 Å². The van der Waals surface area contributed by atoms with Crippen LogP contribution in [-0.4, -0.2) is 64.8 Å². The van der Waals surface area contributed by atoms with Crippen LogP contribution in [0.1, 0.15) is 26.2 Å². The normalized spacial score (nSPS) is 13.6. The van der Waals surface area contributed by atoms with Crippen molar-refractivity contribution in [3.8, 4) is 0 Å². The number of oxime groups is 1. The summed E-state index contributed by atoms with van der Waals surface area (Å²) in [6.07, 6.45) is 3.08. The van der Waals surface area contributed by atoms with Crippen LogP contribution in [0.3, 0.4) is 0 Å². The highest BCUT2D eigenvalue weighted by molar-refractivity contribution is 6.09. The Hall–Kier alpha value is -2.56. The van der Waals surface area contributed by atoms with Crippen LogP contribution in [0.25, 0.3) is 0 Å². The highest BCUT2D eigenvalue weighted by Gasteiger charge is 2.36. The van der Waals surface area contributed by atoms with Gasteiger partial charge >= 0.3 is 0 Å². The molecule has 5 N–H and O–H groups in total. The van der Waals surface area contributed by atoms with E-state index in [9.17, 15) is 4.79 Å². The van der Waals surface area contributed by atoms with Gasteiger partial charge in [0.1, 0.15) is 12.6 Å². The number of carbonyl (C=O) groups is 1. The number of nitrogens with one attached hydrogen (secondary N) is 3. The molecule has 1 rings (SSSR count). The summed E-state index contributed by atoms with van der Waals surface area (Å²) in [6, 6.07) is 0. The van der Waals surface area contributed by atoms with E-state index < -0.39 is 11.4 Å². The van der Waals surface area contributed by atoms with Gasteiger partial charge in [0.25, 0.3) is 5.91 Å². The molecule has 0 radical (unpaired) electrons. The van der Waals surface area contributed by atoms with E-state index in [4.69, 9.17) is 11.1 Å². The predicted octanol–water partition coefficient (Wildman–Crippen LogP) is -0.751. The van der Waals surface area contributed by atoms with Crippen LogP contribution in [0, 0.1) is 5.41 Å². The zero-order chi connectivity index (χ0) is 17.3. The molecule has 1 aromatic rings. The van der Waals surface area contributed by atoms with Gasteiger partial charge in [-0.25, -0.2) is 5.10 Å². The lowest BCUT2D eigenvalue weighted by atomic mass is 9.93. The van der Waals surface area contributed by atoms with Crippen LogP contribution >= 0.6 is 0 Å². The second kappa shape index (κ2) is 8.78. The number of unbranched alkanes of at least 4 members (excludes halogenated alkanes) is 1. The van der Waals surface area contributed by atoms with Gasteiger partial charge in [0.05, 0.1) is 12.1 Å². The van der Waals surface area contributed by atoms with E-state index in [1.165, 1.54) is 25.3 Å². The van der Waals surface area contributed by atoms with Crippen molar-refractivity contribution in [2.75, 3.05) is 25.6 Å². The molecule has 0 aliphatic rings. The molecule has 11 heteroatoms. The lowest BCUT2D eigenvalue weighted by molar-refractivity contribution is -0.121. The third kappa shape index (κ3) is 5.62. The average Bonchev–Trinajstić information content (AvgIpc) is 3.05. The summed E-state index contributed by atoms with van der Waals surface area (Å²) in [5.74, 6) is 0.184. The quantitative estimate of drug-likeness (QED) is 0.201. The number of hydrogen-bond acceptors (Lipinski definition) is 8. The minimum absolute atomic E-state index is 0.191. The van der Waals surface area contributed by atoms with Crippen LogP contribution in [0.2, 0.25) is 0 Å². The first-order valence-electron chi connectivity index (χ1n) is 7.08. The molecule has 23 heavy (non-hydrogen) atoms. The summed E-state index contributed by atoms with van der Waals surface area (Å²) in [5, 5.41) is 26.9. The fraction of sp³-hybridized carbons (Fsp3) is 0.667. The van der Waals surface area contributed by atoms with E-state index in [1.807, 2.05) is 0 Å². The van der Waals surface area contributed by atoms with Gasteiger partial charge in [-0.15, -0.1) is 0 Å². The zero-order valence-electron chi connectivity index (χ0n) is 13.5. The van der Waals surface area contributed by atoms with Gasteiger partial charge in [0, 0.05) is 13.6 Å². The maximum Gasteiger partial charge on any atom is 0.254 e. The average molecular weight is 325 g/mol. The molecule has 11 nitrogen and oxygen atoms in total. The molecule has 1 amide bonds. The van der Waals surface area contributed by atoms with Gasteiger partial charge in [-0.2, -0.15) is 0 Å². The van der Waals surface area contributed by atoms with E-state index in [0.29, 0.717) is 25.2 Å². The first-order valence-corrected chi connectivity index (χ1v) is 7.08. The molecule has 0 fully saturated rings. The lowest BCUT2D eigenvalue weighted by Crippen LogP contribution is -2.56. The summed E-state index contributed by atoms with van der Waals surface area (Å²) in [5.41, 5.74) is 4.87. The fourth-order valence-corrected chi connectivity index (χ4v) is 1.90. The molecule has 0 spiro atoms. The van der Waals surface area contributed by atoms with Crippen molar-refractivity contribution in [1.82, 2.24) is 25.9 Å². The van der Waals surface area contributed by atoms with Gasteiger partial charge < -0.3 is 15.9 Å². The van der Waals surface area contributed by atoms with E-state index in [0.717, 1.165) is 6.42 Å². The summed E-state index contributed by atoms with van der Waals surface area (Å²) >= 11 is 0. The molecule has 0 bridgehead atoms. The maximum atomic E-state index is 12.6. The molecular weight excluding hydrogens is 302 g/mol. The van der Waals surface area contributed by atoms with Crippen molar-refractivity contribution in [1.29, 1.82) is 5.41 Å². The number of likely N-dealkylation sites (N-methyl/N-ethyl adjacent to an activating group) is 1. The minimum Gasteiger partial charge on any atom is -0.399 e. The van der Waals surface area contributed by atoms with Gasteiger partial charge in [0.2, 0.25) is 5.95 Å². The number of nitrogens with zero attached hydrogens (tertiary/aromatic N) is 5. The van der Waals surface area contributed by atoms with Crippen LogP contribution < -0.4 is 16.0 Å². The second-order valence-electron chi connectivity index (χ2n) is 5.06. The Balaban J connectivity index is 2.70. The fourth-order valence-electron chi connectivity index (χ4n) is 1.90. The largest absolute Gasteiger partial charge is 0.399 e. The second-order valence-corrected chi connectivity index (χ2v) is 5.06. The smallest absolute Gasteiger partial charge is 0.254 e. The number of rotatable bonds is 9. The Morgan fingerprint density at radius 1 is 1.61 bits per heavy atom. The highest BCUT2D eigenvalue weighted by atomic mass is 16.6. The number of nitrogens with two attached hydrogens (primary N) is 1. The molecule has 1 unspecified atom stereocenters. The molecular formula is C12H23N9O2. The number of H-pyrrole nitrogens is 1. The van der Waals surface area contributed by atoms with Crippen molar-refractivity contribution in [3.63, 3.8) is 0 Å². The molecule has 1 atom stereocenters. The Kier molecular flexibility index (Phi) is 7.06. The number of aromatic amines is 1. The Morgan fingerprint density at radius 3 is 2.91 bits per heavy atom. The van der Waals surface area contributed by atoms with Crippen LogP contribution in [0.15, 0.2) is 5.16 Å². The summed E-state index contributed by atoms with van der Waals surface area (Å²) in [6.45, 7) is 2.31. The molecule has 128 valence electrons. The van der Waals surface area contributed by atoms with Gasteiger partial charge in [-0.3, -0.25) is 15.1 Å². The molecule has 0 saturated carbocycles. The first-order chi connectivity index (χ1) is 10.9. The summed E-state index contributed by atoms with van der Waals surface area (Å²) in [7, 11) is 2.90. The maximum absolute atomic E-state index is 12.6. The molecule has 1 aromatic heterocycles. The summed E-state index contributed by atoms with van der Waals surface area (Å²) in [4.78, 5) is 18.5. The Morgan fingerprint density at radius 2 is 2.35 bits per heavy atom. The number of hydrogen-bond donors (Lipinski definition) is 4. The monoisotopic (exact) mass is 325 g/mol. The molecule has 0 aromatic carbocycles. The predicted molar refractivity (Wildman–Crippen MR) is 85.3 cm³/mol. The molecule has 0 aliphatic heterocycles. The van der Waals surface area contributed by atoms with E-state index in [2.05, 4.69) is 35.9 Å². The number of aromatic nitrogens is 4. The SMILES string of the molecule is CON=CC(N)(CCCCNC(C)=N)C(=O)N(C)c1nnn[nH]1. The Bertz CT molecular complexity index is 531. The van der Waals surface area contributed by atoms with Crippen molar-refractivity contribution in [2.24, 2.45) is 10.9 Å². The Labute approximate surface area is 134 Å². The first kappa shape index (κ1) is 18.5. The summed E-state index contributed by atoms with van der Waals surface area (Å²) < 4.78 is 0. The van der Waals surface area contributed by atoms with Crippen LogP contribution in [0.4, 0.5) is 5.95 Å². The minimum atomic E-state index is -1.34. The molecule has 1 heterocycles. The van der Waals surface area contributed by atoms with Crippen molar-refractivity contribution >= 4 is 23.9 Å². The number of amides is 1. The third-order valence-corrected chi connectivity index (χ3v) is 3.15. The van der Waals surface area contributed by atoms with Crippen LogP contribution in [-0.2, 0) is 9.63 Å². The zero-order valence-corrected chi connectivity index (χ0v) is 13.5. The van der Waals surface area contributed by atoms with Crippen molar-refractivity contribution < 1.29 is 9.63 Å². The van der Waals surface area contributed by atoms with Gasteiger partial charge in [0.15, 0.2) is 0 Å². The number of amidine groups is 1. The van der Waals surface area contributed by atoms with Gasteiger partial charge in [-0.05, 0) is 36.6 Å². The number of tetrazole rings is 1. The third-order valence-electron chi connectivity index (χ3n) is 3.15. The standard InChI is InChI=1S/C12H23N9O2/c1-9(13)15-7-5-4-6-12(14,8-16-23-3)10(22)21(2)11-17-19-20-18-11/h8H,4-7,14H2,1-3H3,(H2,13,15)(H,17,18,19,20). The van der Waals surface area contributed by atoms with E-state index in [1.54, 1.807) is 6.92 Å². The molecule has 0 aliphatic carbocycles.